The van der Waals surface area contributed by atoms with Gasteiger partial charge >= 0.3 is 0 Å². The number of hydrogen-bond donors (Lipinski definition) is 1. The van der Waals surface area contributed by atoms with Gasteiger partial charge in [-0.3, -0.25) is 4.79 Å². The Labute approximate surface area is 150 Å². The topological polar surface area (TPSA) is 63.6 Å². The molecular weight excluding hydrogens is 316 g/mol. The van der Waals surface area contributed by atoms with Crippen LogP contribution in [0.3, 0.4) is 0 Å². The summed E-state index contributed by atoms with van der Waals surface area (Å²) in [6.07, 6.45) is -1.08. The summed E-state index contributed by atoms with van der Waals surface area (Å²) in [5.41, 5.74) is 1.15. The molecule has 0 saturated carbocycles. The van der Waals surface area contributed by atoms with E-state index in [1.807, 2.05) is 26.0 Å². The van der Waals surface area contributed by atoms with Crippen LogP contribution >= 0.6 is 0 Å². The average molecular weight is 344 g/mol. The first-order valence-corrected chi connectivity index (χ1v) is 8.31. The number of Topliss-reactive ketones (excluding diaryl/α,β-unsaturated/α-hetero) is 2. The van der Waals surface area contributed by atoms with E-state index in [1.165, 1.54) is 13.8 Å². The summed E-state index contributed by atoms with van der Waals surface area (Å²) in [7, 11) is 0. The van der Waals surface area contributed by atoms with Crippen LogP contribution in [0.25, 0.3) is 0 Å². The van der Waals surface area contributed by atoms with Crippen molar-refractivity contribution in [1.82, 2.24) is 0 Å². The van der Waals surface area contributed by atoms with E-state index < -0.39 is 6.10 Å². The number of ketones is 2. The van der Waals surface area contributed by atoms with Crippen LogP contribution in [-0.2, 0) is 9.53 Å². The second kappa shape index (κ2) is 14.1. The number of benzene rings is 2. The van der Waals surface area contributed by atoms with Gasteiger partial charge < -0.3 is 14.6 Å². The molecule has 0 radical (unpaired) electrons. The largest absolute Gasteiger partial charge is 0.382 e. The maximum Gasteiger partial charge on any atom is 0.195 e. The first-order chi connectivity index (χ1) is 11.9. The SMILES string of the molecule is CC(C)=O.CCOCC.O=C(c1ccccc1)C(O)c1ccccc1. The van der Waals surface area contributed by atoms with Crippen molar-refractivity contribution in [2.45, 2.75) is 33.8 Å². The van der Waals surface area contributed by atoms with E-state index in [-0.39, 0.29) is 11.6 Å². The number of rotatable bonds is 5. The Morgan fingerprint density at radius 1 is 0.880 bits per heavy atom. The van der Waals surface area contributed by atoms with Crippen LogP contribution in [0.4, 0.5) is 0 Å². The third-order valence-corrected chi connectivity index (χ3v) is 2.83. The third-order valence-electron chi connectivity index (χ3n) is 2.83. The number of carbonyl (C=O) groups excluding carboxylic acids is 2. The molecule has 0 amide bonds. The Balaban J connectivity index is 0.000000536. The van der Waals surface area contributed by atoms with Gasteiger partial charge in [0.1, 0.15) is 11.9 Å². The minimum atomic E-state index is -1.08. The summed E-state index contributed by atoms with van der Waals surface area (Å²) in [5, 5.41) is 9.89. The first kappa shape index (κ1) is 22.7. The molecular formula is C21H28O4. The van der Waals surface area contributed by atoms with Crippen molar-refractivity contribution >= 4 is 11.6 Å². The maximum absolute atomic E-state index is 11.9. The van der Waals surface area contributed by atoms with Crippen LogP contribution in [0.2, 0.25) is 0 Å². The molecule has 136 valence electrons. The molecule has 0 aliphatic heterocycles. The Hall–Kier alpha value is -2.30. The smallest absolute Gasteiger partial charge is 0.195 e. The summed E-state index contributed by atoms with van der Waals surface area (Å²) >= 11 is 0. The van der Waals surface area contributed by atoms with E-state index in [0.29, 0.717) is 11.1 Å². The monoisotopic (exact) mass is 344 g/mol. The molecule has 0 aliphatic rings. The molecule has 25 heavy (non-hydrogen) atoms. The number of carbonyl (C=O) groups is 2. The molecule has 0 heterocycles. The Morgan fingerprint density at radius 2 is 1.28 bits per heavy atom. The molecule has 0 fully saturated rings. The molecule has 0 aliphatic carbocycles. The van der Waals surface area contributed by atoms with Crippen molar-refractivity contribution in [3.63, 3.8) is 0 Å². The van der Waals surface area contributed by atoms with Gasteiger partial charge in [0.15, 0.2) is 5.78 Å². The highest BCUT2D eigenvalue weighted by Crippen LogP contribution is 2.17. The van der Waals surface area contributed by atoms with Crippen molar-refractivity contribution < 1.29 is 19.4 Å². The molecule has 0 saturated heterocycles. The predicted octanol–water partition coefficient (Wildman–Crippen LogP) is 4.24. The van der Waals surface area contributed by atoms with Crippen molar-refractivity contribution in [2.24, 2.45) is 0 Å². The quantitative estimate of drug-likeness (QED) is 0.824. The van der Waals surface area contributed by atoms with Crippen molar-refractivity contribution in [3.05, 3.63) is 71.8 Å². The molecule has 1 N–H and O–H groups in total. The first-order valence-electron chi connectivity index (χ1n) is 8.31. The van der Waals surface area contributed by atoms with Gasteiger partial charge in [0, 0.05) is 18.8 Å². The van der Waals surface area contributed by atoms with Crippen LogP contribution in [-0.4, -0.2) is 29.9 Å². The highest BCUT2D eigenvalue weighted by molar-refractivity contribution is 5.99. The lowest BCUT2D eigenvalue weighted by atomic mass is 10.0. The minimum Gasteiger partial charge on any atom is -0.382 e. The fourth-order valence-electron chi connectivity index (χ4n) is 1.75. The highest BCUT2D eigenvalue weighted by Gasteiger charge is 2.18. The second-order valence-electron chi connectivity index (χ2n) is 5.23. The number of ether oxygens (including phenoxy) is 1. The zero-order chi connectivity index (χ0) is 19.1. The fraction of sp³-hybridized carbons (Fsp3) is 0.333. The summed E-state index contributed by atoms with van der Waals surface area (Å²) in [4.78, 5) is 21.3. The van der Waals surface area contributed by atoms with E-state index in [0.717, 1.165) is 13.2 Å². The molecule has 2 aromatic carbocycles. The molecule has 0 bridgehead atoms. The zero-order valence-corrected chi connectivity index (χ0v) is 15.4. The van der Waals surface area contributed by atoms with Gasteiger partial charge in [-0.25, -0.2) is 0 Å². The Kier molecular flexibility index (Phi) is 12.8. The molecule has 0 aromatic heterocycles. The number of aliphatic hydroxyl groups excluding tert-OH is 1. The van der Waals surface area contributed by atoms with Gasteiger partial charge in [0.25, 0.3) is 0 Å². The van der Waals surface area contributed by atoms with E-state index >= 15 is 0 Å². The Bertz CT molecular complexity index is 588. The van der Waals surface area contributed by atoms with E-state index in [2.05, 4.69) is 0 Å². The van der Waals surface area contributed by atoms with Gasteiger partial charge in [0.05, 0.1) is 0 Å². The van der Waals surface area contributed by atoms with Gasteiger partial charge in [-0.05, 0) is 33.3 Å². The maximum atomic E-state index is 11.9. The Morgan fingerprint density at radius 3 is 1.64 bits per heavy atom. The van der Waals surface area contributed by atoms with E-state index in [4.69, 9.17) is 4.74 Å². The van der Waals surface area contributed by atoms with Gasteiger partial charge in [-0.2, -0.15) is 0 Å². The number of aliphatic hydroxyl groups is 1. The third kappa shape index (κ3) is 11.0. The van der Waals surface area contributed by atoms with Crippen LogP contribution in [0.5, 0.6) is 0 Å². The van der Waals surface area contributed by atoms with Crippen molar-refractivity contribution in [1.29, 1.82) is 0 Å². The molecule has 2 aromatic rings. The van der Waals surface area contributed by atoms with Gasteiger partial charge in [0.2, 0.25) is 0 Å². The van der Waals surface area contributed by atoms with E-state index in [9.17, 15) is 14.7 Å². The molecule has 1 atom stereocenters. The van der Waals surface area contributed by atoms with Crippen LogP contribution in [0.15, 0.2) is 60.7 Å². The molecule has 4 nitrogen and oxygen atoms in total. The number of hydrogen-bond acceptors (Lipinski definition) is 4. The fourth-order valence-corrected chi connectivity index (χ4v) is 1.75. The summed E-state index contributed by atoms with van der Waals surface area (Å²) in [6.45, 7) is 8.72. The van der Waals surface area contributed by atoms with Gasteiger partial charge in [-0.1, -0.05) is 60.7 Å². The average Bonchev–Trinajstić information content (AvgIpc) is 2.63. The molecule has 4 heteroatoms. The predicted molar refractivity (Wildman–Crippen MR) is 101 cm³/mol. The summed E-state index contributed by atoms with van der Waals surface area (Å²) in [6, 6.07) is 17.7. The standard InChI is InChI=1S/C14H12O2.C4H10O.C3H6O/c15-13(11-7-3-1-4-8-11)14(16)12-9-5-2-6-10-12;1-3-5-4-2;1-3(2)4/h1-10,13,15H;3-4H2,1-2H3;1-2H3. The van der Waals surface area contributed by atoms with Gasteiger partial charge in [-0.15, -0.1) is 0 Å². The highest BCUT2D eigenvalue weighted by atomic mass is 16.5. The zero-order valence-electron chi connectivity index (χ0n) is 15.4. The molecule has 1 unspecified atom stereocenters. The molecule has 2 rings (SSSR count). The minimum absolute atomic E-state index is 0.167. The van der Waals surface area contributed by atoms with Crippen LogP contribution in [0.1, 0.15) is 49.7 Å². The lowest BCUT2D eigenvalue weighted by Gasteiger charge is -2.09. The van der Waals surface area contributed by atoms with Crippen molar-refractivity contribution in [3.8, 4) is 0 Å². The lowest BCUT2D eigenvalue weighted by Crippen LogP contribution is -2.11. The van der Waals surface area contributed by atoms with Crippen molar-refractivity contribution in [2.75, 3.05) is 13.2 Å². The summed E-state index contributed by atoms with van der Waals surface area (Å²) in [5.74, 6) is -0.105. The normalized spacial score (nSPS) is 10.4. The van der Waals surface area contributed by atoms with E-state index in [1.54, 1.807) is 48.5 Å². The second-order valence-corrected chi connectivity index (χ2v) is 5.23. The van der Waals surface area contributed by atoms with Crippen LogP contribution in [0, 0.1) is 0 Å². The molecule has 0 spiro atoms. The lowest BCUT2D eigenvalue weighted by molar-refractivity contribution is -0.115. The van der Waals surface area contributed by atoms with Crippen LogP contribution < -0.4 is 0 Å². The summed E-state index contributed by atoms with van der Waals surface area (Å²) < 4.78 is 4.83.